The number of amides is 1. The number of halogens is 2. The lowest BCUT2D eigenvalue weighted by Crippen LogP contribution is -2.28. The first kappa shape index (κ1) is 18.6. The Balaban J connectivity index is 2.24. The van der Waals surface area contributed by atoms with Gasteiger partial charge in [0.05, 0.1) is 23.5 Å². The van der Waals surface area contributed by atoms with Crippen LogP contribution in [-0.4, -0.2) is 20.6 Å². The van der Waals surface area contributed by atoms with Crippen LogP contribution in [0.2, 0.25) is 10.0 Å². The van der Waals surface area contributed by atoms with Crippen LogP contribution in [0.5, 0.6) is 0 Å². The molecule has 24 heavy (non-hydrogen) atoms. The van der Waals surface area contributed by atoms with Crippen LogP contribution in [0, 0.1) is 0 Å². The molecule has 0 saturated heterocycles. The Morgan fingerprint density at radius 3 is 2.42 bits per heavy atom. The highest BCUT2D eigenvalue weighted by atomic mass is 35.5. The maximum absolute atomic E-state index is 12.5. The highest BCUT2D eigenvalue weighted by molar-refractivity contribution is 7.92. The van der Waals surface area contributed by atoms with Crippen molar-refractivity contribution in [2.75, 3.05) is 11.0 Å². The summed E-state index contributed by atoms with van der Waals surface area (Å²) >= 11 is 12.0. The van der Waals surface area contributed by atoms with Gasteiger partial charge in [-0.25, -0.2) is 8.42 Å². The van der Waals surface area contributed by atoms with Crippen LogP contribution in [-0.2, 0) is 10.0 Å². The summed E-state index contributed by atoms with van der Waals surface area (Å²) in [5.74, 6) is -0.416. The van der Waals surface area contributed by atoms with Crippen molar-refractivity contribution < 1.29 is 13.2 Å². The van der Waals surface area contributed by atoms with Gasteiger partial charge in [-0.05, 0) is 36.8 Å². The molecule has 0 heterocycles. The van der Waals surface area contributed by atoms with E-state index < -0.39 is 15.9 Å². The lowest BCUT2D eigenvalue weighted by molar-refractivity contribution is 0.0941. The number of hydrogen-bond acceptors (Lipinski definition) is 3. The summed E-state index contributed by atoms with van der Waals surface area (Å²) in [5, 5.41) is 3.74. The topological polar surface area (TPSA) is 75.3 Å². The van der Waals surface area contributed by atoms with E-state index in [4.69, 9.17) is 23.2 Å². The second-order valence-corrected chi connectivity index (χ2v) is 7.87. The number of rotatable bonds is 5. The molecule has 0 bridgehead atoms. The van der Waals surface area contributed by atoms with Gasteiger partial charge in [0.25, 0.3) is 5.91 Å². The number of benzene rings is 2. The molecule has 0 fully saturated rings. The largest absolute Gasteiger partial charge is 0.345 e. The zero-order chi connectivity index (χ0) is 17.9. The standard InChI is InChI=1S/C16H16Cl2N2O3S/c1-10(12-8-7-11(17)9-14(12)18)19-16(21)13-5-3-4-6-15(13)20-24(2,22)23/h3-10,20H,1-2H3,(H,19,21). The average molecular weight is 387 g/mol. The lowest BCUT2D eigenvalue weighted by atomic mass is 10.1. The second kappa shape index (κ2) is 7.42. The van der Waals surface area contributed by atoms with E-state index in [2.05, 4.69) is 10.0 Å². The molecule has 1 atom stereocenters. The normalized spacial score (nSPS) is 12.5. The third-order valence-electron chi connectivity index (χ3n) is 3.24. The molecule has 0 aliphatic carbocycles. The highest BCUT2D eigenvalue weighted by Crippen LogP contribution is 2.26. The van der Waals surface area contributed by atoms with Crippen LogP contribution in [0.1, 0.15) is 28.9 Å². The molecular formula is C16H16Cl2N2O3S. The summed E-state index contributed by atoms with van der Waals surface area (Å²) in [6.45, 7) is 1.78. The first-order valence-corrected chi connectivity index (χ1v) is 9.65. The minimum atomic E-state index is -3.49. The fourth-order valence-electron chi connectivity index (χ4n) is 2.17. The molecule has 2 aromatic carbocycles. The van der Waals surface area contributed by atoms with E-state index in [-0.39, 0.29) is 17.3 Å². The number of hydrogen-bond donors (Lipinski definition) is 2. The van der Waals surface area contributed by atoms with Crippen LogP contribution in [0.15, 0.2) is 42.5 Å². The molecule has 1 unspecified atom stereocenters. The second-order valence-electron chi connectivity index (χ2n) is 5.28. The van der Waals surface area contributed by atoms with Crippen LogP contribution >= 0.6 is 23.2 Å². The first-order valence-electron chi connectivity index (χ1n) is 7.00. The van der Waals surface area contributed by atoms with Crippen molar-refractivity contribution in [2.45, 2.75) is 13.0 Å². The Labute approximate surface area is 151 Å². The van der Waals surface area contributed by atoms with E-state index in [1.165, 1.54) is 6.07 Å². The summed E-state index contributed by atoms with van der Waals surface area (Å²) in [6, 6.07) is 11.0. The van der Waals surface area contributed by atoms with Crippen LogP contribution in [0.3, 0.4) is 0 Å². The number of carbonyl (C=O) groups is 1. The predicted octanol–water partition coefficient (Wildman–Crippen LogP) is 3.86. The number of carbonyl (C=O) groups excluding carboxylic acids is 1. The summed E-state index contributed by atoms with van der Waals surface area (Å²) < 4.78 is 25.2. The molecule has 0 aliphatic rings. The Kier molecular flexibility index (Phi) is 5.74. The first-order chi connectivity index (χ1) is 11.2. The molecule has 0 spiro atoms. The third kappa shape index (κ3) is 4.87. The Bertz CT molecular complexity index is 869. The van der Waals surface area contributed by atoms with Crippen molar-refractivity contribution in [3.05, 3.63) is 63.6 Å². The molecule has 128 valence electrons. The van der Waals surface area contributed by atoms with Crippen LogP contribution in [0.25, 0.3) is 0 Å². The van der Waals surface area contributed by atoms with Crippen LogP contribution in [0.4, 0.5) is 5.69 Å². The SMILES string of the molecule is CC(NC(=O)c1ccccc1NS(C)(=O)=O)c1ccc(Cl)cc1Cl. The maximum Gasteiger partial charge on any atom is 0.253 e. The Morgan fingerprint density at radius 2 is 1.79 bits per heavy atom. The van der Waals surface area contributed by atoms with Gasteiger partial charge < -0.3 is 5.32 Å². The van der Waals surface area contributed by atoms with Crippen molar-refractivity contribution in [1.82, 2.24) is 5.32 Å². The molecule has 8 heteroatoms. The van der Waals surface area contributed by atoms with Gasteiger partial charge in [-0.15, -0.1) is 0 Å². The van der Waals surface area contributed by atoms with Crippen molar-refractivity contribution >= 4 is 44.8 Å². The van der Waals surface area contributed by atoms with Crippen molar-refractivity contribution in [1.29, 1.82) is 0 Å². The molecule has 2 aromatic rings. The van der Waals surface area contributed by atoms with Gasteiger partial charge in [0.15, 0.2) is 0 Å². The van der Waals surface area contributed by atoms with Gasteiger partial charge >= 0.3 is 0 Å². The minimum Gasteiger partial charge on any atom is -0.345 e. The molecule has 0 aromatic heterocycles. The van der Waals surface area contributed by atoms with Crippen molar-refractivity contribution in [3.63, 3.8) is 0 Å². The maximum atomic E-state index is 12.5. The summed E-state index contributed by atoms with van der Waals surface area (Å²) in [7, 11) is -3.49. The molecule has 0 radical (unpaired) electrons. The van der Waals surface area contributed by atoms with E-state index >= 15 is 0 Å². The average Bonchev–Trinajstić information content (AvgIpc) is 2.45. The van der Waals surface area contributed by atoms with Crippen molar-refractivity contribution in [2.24, 2.45) is 0 Å². The third-order valence-corrected chi connectivity index (χ3v) is 4.40. The fraction of sp³-hybridized carbons (Fsp3) is 0.188. The zero-order valence-electron chi connectivity index (χ0n) is 13.0. The van der Waals surface area contributed by atoms with E-state index in [1.54, 1.807) is 43.3 Å². The van der Waals surface area contributed by atoms with Gasteiger partial charge in [-0.3, -0.25) is 9.52 Å². The van der Waals surface area contributed by atoms with Gasteiger partial charge in [0, 0.05) is 10.0 Å². The van der Waals surface area contributed by atoms with E-state index in [0.29, 0.717) is 15.6 Å². The van der Waals surface area contributed by atoms with Gasteiger partial charge in [-0.2, -0.15) is 0 Å². The molecule has 2 rings (SSSR count). The summed E-state index contributed by atoms with van der Waals surface area (Å²) in [5.41, 5.74) is 1.15. The van der Waals surface area contributed by atoms with E-state index in [1.807, 2.05) is 0 Å². The molecule has 5 nitrogen and oxygen atoms in total. The molecule has 1 amide bonds. The van der Waals surface area contributed by atoms with Crippen LogP contribution < -0.4 is 10.0 Å². The van der Waals surface area contributed by atoms with E-state index in [9.17, 15) is 13.2 Å². The Morgan fingerprint density at radius 1 is 1.12 bits per heavy atom. The number of sulfonamides is 1. The van der Waals surface area contributed by atoms with Gasteiger partial charge in [0.2, 0.25) is 10.0 Å². The molecule has 0 aliphatic heterocycles. The highest BCUT2D eigenvalue weighted by Gasteiger charge is 2.17. The minimum absolute atomic E-state index is 0.215. The van der Waals surface area contributed by atoms with Gasteiger partial charge in [-0.1, -0.05) is 41.4 Å². The molecule has 0 saturated carbocycles. The van der Waals surface area contributed by atoms with Crippen molar-refractivity contribution in [3.8, 4) is 0 Å². The number of para-hydroxylation sites is 1. The quantitative estimate of drug-likeness (QED) is 0.818. The monoisotopic (exact) mass is 386 g/mol. The fourth-order valence-corrected chi connectivity index (χ4v) is 3.32. The van der Waals surface area contributed by atoms with Gasteiger partial charge in [0.1, 0.15) is 0 Å². The van der Waals surface area contributed by atoms with E-state index in [0.717, 1.165) is 6.26 Å². The Hall–Kier alpha value is -1.76. The molecule has 2 N–H and O–H groups in total. The summed E-state index contributed by atoms with van der Waals surface area (Å²) in [4.78, 5) is 12.5. The number of anilines is 1. The zero-order valence-corrected chi connectivity index (χ0v) is 15.3. The summed E-state index contributed by atoms with van der Waals surface area (Å²) in [6.07, 6.45) is 1.03. The predicted molar refractivity (Wildman–Crippen MR) is 97.3 cm³/mol. The lowest BCUT2D eigenvalue weighted by Gasteiger charge is -2.17. The number of nitrogens with one attached hydrogen (secondary N) is 2. The smallest absolute Gasteiger partial charge is 0.253 e. The molecular weight excluding hydrogens is 371 g/mol.